The zero-order chi connectivity index (χ0) is 18.4. The van der Waals surface area contributed by atoms with Gasteiger partial charge in [0.05, 0.1) is 10.5 Å². The van der Waals surface area contributed by atoms with E-state index in [-0.39, 0.29) is 17.2 Å². The molecule has 0 aliphatic rings. The van der Waals surface area contributed by atoms with Crippen LogP contribution in [0.3, 0.4) is 0 Å². The summed E-state index contributed by atoms with van der Waals surface area (Å²) >= 11 is 0. The summed E-state index contributed by atoms with van der Waals surface area (Å²) in [7, 11) is 1.58. The Morgan fingerprint density at radius 2 is 2.00 bits per heavy atom. The first-order chi connectivity index (χ1) is 11.9. The van der Waals surface area contributed by atoms with E-state index in [1.165, 1.54) is 29.0 Å². The van der Waals surface area contributed by atoms with Crippen LogP contribution in [0.15, 0.2) is 41.3 Å². The van der Waals surface area contributed by atoms with Gasteiger partial charge >= 0.3 is 0 Å². The lowest BCUT2D eigenvalue weighted by Crippen LogP contribution is -2.27. The van der Waals surface area contributed by atoms with Gasteiger partial charge in [-0.15, -0.1) is 0 Å². The Labute approximate surface area is 144 Å². The maximum absolute atomic E-state index is 12.0. The van der Waals surface area contributed by atoms with E-state index >= 15 is 0 Å². The summed E-state index contributed by atoms with van der Waals surface area (Å²) in [6.07, 6.45) is 2.08. The molecule has 2 aromatic rings. The highest BCUT2D eigenvalue weighted by Gasteiger charge is 2.13. The largest absolute Gasteiger partial charge is 0.379 e. The van der Waals surface area contributed by atoms with Gasteiger partial charge in [0.1, 0.15) is 5.69 Å². The van der Waals surface area contributed by atoms with Crippen LogP contribution in [-0.2, 0) is 7.05 Å². The Hall–Kier alpha value is -3.16. The van der Waals surface area contributed by atoms with Crippen LogP contribution >= 0.6 is 0 Å². The van der Waals surface area contributed by atoms with Gasteiger partial charge in [0, 0.05) is 38.5 Å². The number of nitrogens with one attached hydrogen (secondary N) is 2. The molecule has 8 heteroatoms. The van der Waals surface area contributed by atoms with Crippen molar-refractivity contribution >= 4 is 17.3 Å². The molecular weight excluding hydrogens is 324 g/mol. The number of hydrogen-bond acceptors (Lipinski definition) is 5. The maximum atomic E-state index is 12.0. The van der Waals surface area contributed by atoms with Gasteiger partial charge in [-0.05, 0) is 31.0 Å². The molecule has 0 radical (unpaired) electrons. The first-order valence-corrected chi connectivity index (χ1v) is 7.82. The third-order valence-electron chi connectivity index (χ3n) is 3.65. The third kappa shape index (κ3) is 4.90. The van der Waals surface area contributed by atoms with Crippen molar-refractivity contribution in [2.45, 2.75) is 13.3 Å². The van der Waals surface area contributed by atoms with Crippen molar-refractivity contribution in [3.63, 3.8) is 0 Å². The number of hydrogen-bond donors (Lipinski definition) is 2. The predicted molar refractivity (Wildman–Crippen MR) is 95.0 cm³/mol. The summed E-state index contributed by atoms with van der Waals surface area (Å²) < 4.78 is 1.34. The van der Waals surface area contributed by atoms with Crippen LogP contribution in [0, 0.1) is 17.0 Å². The Bertz CT molecular complexity index is 845. The number of nitro benzene ring substituents is 1. The second-order valence-electron chi connectivity index (χ2n) is 5.68. The number of nitro groups is 1. The first-order valence-electron chi connectivity index (χ1n) is 7.82. The molecule has 25 heavy (non-hydrogen) atoms. The zero-order valence-corrected chi connectivity index (χ0v) is 14.1. The van der Waals surface area contributed by atoms with Crippen molar-refractivity contribution < 1.29 is 9.72 Å². The number of benzene rings is 1. The third-order valence-corrected chi connectivity index (χ3v) is 3.65. The van der Waals surface area contributed by atoms with E-state index in [4.69, 9.17) is 0 Å². The quantitative estimate of drug-likeness (QED) is 0.453. The van der Waals surface area contributed by atoms with Crippen LogP contribution in [-0.4, -0.2) is 28.5 Å². The molecule has 2 N–H and O–H groups in total. The van der Waals surface area contributed by atoms with Crippen molar-refractivity contribution in [3.05, 3.63) is 68.1 Å². The SMILES string of the molecule is Cc1ccc(NCCCNC(=O)c2ccc(=O)n(C)c2)c([N+](=O)[O-])c1. The van der Waals surface area contributed by atoms with E-state index in [9.17, 15) is 19.7 Å². The lowest BCUT2D eigenvalue weighted by Gasteiger charge is -2.09. The highest BCUT2D eigenvalue weighted by molar-refractivity contribution is 5.93. The number of rotatable bonds is 7. The van der Waals surface area contributed by atoms with Gasteiger partial charge in [-0.3, -0.25) is 19.7 Å². The van der Waals surface area contributed by atoms with Gasteiger partial charge in [0.25, 0.3) is 11.6 Å². The van der Waals surface area contributed by atoms with Gasteiger partial charge in [-0.2, -0.15) is 0 Å². The van der Waals surface area contributed by atoms with Gasteiger partial charge in [-0.25, -0.2) is 0 Å². The number of aromatic nitrogens is 1. The highest BCUT2D eigenvalue weighted by atomic mass is 16.6. The molecule has 0 fully saturated rings. The molecule has 1 aromatic carbocycles. The average Bonchev–Trinajstić information content (AvgIpc) is 2.57. The Morgan fingerprint density at radius 3 is 2.68 bits per heavy atom. The molecule has 1 heterocycles. The number of carbonyl (C=O) groups is 1. The van der Waals surface area contributed by atoms with Crippen LogP contribution in [0.2, 0.25) is 0 Å². The number of nitrogens with zero attached hydrogens (tertiary/aromatic N) is 2. The Balaban J connectivity index is 1.82. The standard InChI is InChI=1S/C17H20N4O4/c1-12-4-6-14(15(10-12)21(24)25)18-8-3-9-19-17(23)13-5-7-16(22)20(2)11-13/h4-7,10-11,18H,3,8-9H2,1-2H3,(H,19,23). The molecule has 0 unspecified atom stereocenters. The average molecular weight is 344 g/mol. The monoisotopic (exact) mass is 344 g/mol. The molecule has 0 saturated heterocycles. The van der Waals surface area contributed by atoms with Crippen LogP contribution in [0.5, 0.6) is 0 Å². The van der Waals surface area contributed by atoms with E-state index < -0.39 is 4.92 Å². The van der Waals surface area contributed by atoms with Crippen LogP contribution < -0.4 is 16.2 Å². The lowest BCUT2D eigenvalue weighted by atomic mass is 10.2. The summed E-state index contributed by atoms with van der Waals surface area (Å²) in [4.78, 5) is 33.9. The minimum atomic E-state index is -0.420. The number of carbonyl (C=O) groups excluding carboxylic acids is 1. The lowest BCUT2D eigenvalue weighted by molar-refractivity contribution is -0.384. The summed E-state index contributed by atoms with van der Waals surface area (Å²) in [5.74, 6) is -0.267. The molecule has 0 bridgehead atoms. The molecular formula is C17H20N4O4. The van der Waals surface area contributed by atoms with Gasteiger partial charge in [-0.1, -0.05) is 6.07 Å². The van der Waals surface area contributed by atoms with Gasteiger partial charge in [0.15, 0.2) is 0 Å². The van der Waals surface area contributed by atoms with Crippen LogP contribution in [0.4, 0.5) is 11.4 Å². The molecule has 132 valence electrons. The molecule has 0 spiro atoms. The van der Waals surface area contributed by atoms with E-state index in [2.05, 4.69) is 10.6 Å². The van der Waals surface area contributed by atoms with Crippen molar-refractivity contribution in [3.8, 4) is 0 Å². The van der Waals surface area contributed by atoms with Crippen molar-refractivity contribution in [2.24, 2.45) is 7.05 Å². The Kier molecular flexibility index (Phi) is 5.89. The van der Waals surface area contributed by atoms with Gasteiger partial charge < -0.3 is 15.2 Å². The minimum absolute atomic E-state index is 0.0363. The maximum Gasteiger partial charge on any atom is 0.292 e. The van der Waals surface area contributed by atoms with E-state index in [1.807, 2.05) is 0 Å². The molecule has 0 atom stereocenters. The fourth-order valence-corrected chi connectivity index (χ4v) is 2.29. The molecule has 2 rings (SSSR count). The van der Waals surface area contributed by atoms with Crippen molar-refractivity contribution in [1.29, 1.82) is 0 Å². The minimum Gasteiger partial charge on any atom is -0.379 e. The fourth-order valence-electron chi connectivity index (χ4n) is 2.29. The first kappa shape index (κ1) is 18.2. The summed E-state index contributed by atoms with van der Waals surface area (Å²) in [6.45, 7) is 2.69. The summed E-state index contributed by atoms with van der Waals surface area (Å²) in [5, 5.41) is 16.8. The molecule has 0 aliphatic heterocycles. The van der Waals surface area contributed by atoms with Crippen molar-refractivity contribution in [2.75, 3.05) is 18.4 Å². The molecule has 1 amide bonds. The summed E-state index contributed by atoms with van der Waals surface area (Å²) in [6, 6.07) is 7.82. The fraction of sp³-hybridized carbons (Fsp3) is 0.294. The molecule has 0 saturated carbocycles. The molecule has 8 nitrogen and oxygen atoms in total. The van der Waals surface area contributed by atoms with Crippen LogP contribution in [0.25, 0.3) is 0 Å². The van der Waals surface area contributed by atoms with E-state index in [0.717, 1.165) is 5.56 Å². The molecule has 1 aromatic heterocycles. The normalized spacial score (nSPS) is 10.3. The van der Waals surface area contributed by atoms with Gasteiger partial charge in [0.2, 0.25) is 5.56 Å². The number of pyridine rings is 1. The zero-order valence-electron chi connectivity index (χ0n) is 14.1. The van der Waals surface area contributed by atoms with E-state index in [1.54, 1.807) is 26.1 Å². The number of anilines is 1. The summed E-state index contributed by atoms with van der Waals surface area (Å²) in [5.41, 5.74) is 1.54. The number of aryl methyl sites for hydroxylation is 2. The topological polar surface area (TPSA) is 106 Å². The smallest absolute Gasteiger partial charge is 0.292 e. The number of amides is 1. The van der Waals surface area contributed by atoms with Crippen LogP contribution in [0.1, 0.15) is 22.3 Å². The second kappa shape index (κ2) is 8.09. The Morgan fingerprint density at radius 1 is 1.24 bits per heavy atom. The van der Waals surface area contributed by atoms with E-state index in [0.29, 0.717) is 30.8 Å². The molecule has 0 aliphatic carbocycles. The van der Waals surface area contributed by atoms with Crippen molar-refractivity contribution in [1.82, 2.24) is 9.88 Å². The second-order valence-corrected chi connectivity index (χ2v) is 5.68. The predicted octanol–water partition coefficient (Wildman–Crippen LogP) is 1.83. The highest BCUT2D eigenvalue weighted by Crippen LogP contribution is 2.25.